The molecule has 0 aliphatic heterocycles. The summed E-state index contributed by atoms with van der Waals surface area (Å²) in [6, 6.07) is 4.03. The molecule has 0 radical (unpaired) electrons. The minimum Gasteiger partial charge on any atom is -0.507 e. The maximum atomic E-state index is 11.9. The van der Waals surface area contributed by atoms with Crippen LogP contribution < -0.4 is 0 Å². The van der Waals surface area contributed by atoms with E-state index in [9.17, 15) is 15.0 Å². The van der Waals surface area contributed by atoms with Gasteiger partial charge in [-0.3, -0.25) is 4.79 Å². The Morgan fingerprint density at radius 1 is 1.00 bits per heavy atom. The first-order valence-electron chi connectivity index (χ1n) is 10.4. The van der Waals surface area contributed by atoms with Crippen LogP contribution in [0.3, 0.4) is 0 Å². The molecule has 0 saturated heterocycles. The zero-order valence-electron chi connectivity index (χ0n) is 18.6. The molecule has 154 valence electrons. The van der Waals surface area contributed by atoms with Crippen molar-refractivity contribution in [2.75, 3.05) is 0 Å². The SMILES string of the molecule is CCCC(CC)CC(Cc1cc(C(C)(C)C)c(O)c(C(C)(C)C)c1)C(=O)O. The van der Waals surface area contributed by atoms with E-state index in [2.05, 4.69) is 55.4 Å². The molecular weight excluding hydrogens is 336 g/mol. The van der Waals surface area contributed by atoms with Crippen molar-refractivity contribution in [3.63, 3.8) is 0 Å². The third-order valence-corrected chi connectivity index (χ3v) is 5.51. The molecule has 1 rings (SSSR count). The normalized spacial score (nSPS) is 14.8. The van der Waals surface area contributed by atoms with Crippen molar-refractivity contribution in [2.24, 2.45) is 11.8 Å². The van der Waals surface area contributed by atoms with Crippen LogP contribution in [0.1, 0.15) is 97.8 Å². The highest BCUT2D eigenvalue weighted by molar-refractivity contribution is 5.70. The Labute approximate surface area is 166 Å². The van der Waals surface area contributed by atoms with Crippen LogP contribution in [-0.4, -0.2) is 16.2 Å². The van der Waals surface area contributed by atoms with Crippen molar-refractivity contribution in [3.8, 4) is 5.75 Å². The van der Waals surface area contributed by atoms with Crippen LogP contribution in [0.4, 0.5) is 0 Å². The van der Waals surface area contributed by atoms with Crippen molar-refractivity contribution < 1.29 is 15.0 Å². The van der Waals surface area contributed by atoms with Gasteiger partial charge in [-0.05, 0) is 46.3 Å². The number of aromatic hydroxyl groups is 1. The molecule has 0 heterocycles. The van der Waals surface area contributed by atoms with Crippen LogP contribution in [0.15, 0.2) is 12.1 Å². The zero-order valence-corrected chi connectivity index (χ0v) is 18.6. The first-order valence-corrected chi connectivity index (χ1v) is 10.4. The smallest absolute Gasteiger partial charge is 0.306 e. The average Bonchev–Trinajstić information content (AvgIpc) is 2.52. The van der Waals surface area contributed by atoms with Gasteiger partial charge in [-0.15, -0.1) is 0 Å². The van der Waals surface area contributed by atoms with Gasteiger partial charge in [-0.2, -0.15) is 0 Å². The summed E-state index contributed by atoms with van der Waals surface area (Å²) in [4.78, 5) is 11.9. The molecule has 0 aliphatic rings. The van der Waals surface area contributed by atoms with Gasteiger partial charge in [-0.25, -0.2) is 0 Å². The number of hydrogen-bond acceptors (Lipinski definition) is 2. The van der Waals surface area contributed by atoms with E-state index >= 15 is 0 Å². The van der Waals surface area contributed by atoms with Crippen molar-refractivity contribution in [2.45, 2.75) is 98.3 Å². The van der Waals surface area contributed by atoms with E-state index in [0.29, 0.717) is 18.1 Å². The number of aliphatic carboxylic acids is 1. The van der Waals surface area contributed by atoms with E-state index in [4.69, 9.17) is 0 Å². The fourth-order valence-corrected chi connectivity index (χ4v) is 3.81. The second kappa shape index (κ2) is 9.12. The van der Waals surface area contributed by atoms with Gasteiger partial charge in [-0.1, -0.05) is 86.8 Å². The summed E-state index contributed by atoms with van der Waals surface area (Å²) in [6.07, 6.45) is 4.43. The predicted molar refractivity (Wildman–Crippen MR) is 114 cm³/mol. The van der Waals surface area contributed by atoms with Crippen LogP contribution in [0.5, 0.6) is 5.75 Å². The van der Waals surface area contributed by atoms with Crippen molar-refractivity contribution >= 4 is 5.97 Å². The lowest BCUT2D eigenvalue weighted by Gasteiger charge is -2.29. The molecule has 2 N–H and O–H groups in total. The van der Waals surface area contributed by atoms with E-state index < -0.39 is 5.97 Å². The summed E-state index contributed by atoms with van der Waals surface area (Å²) < 4.78 is 0. The summed E-state index contributed by atoms with van der Waals surface area (Å²) in [5, 5.41) is 20.7. The fourth-order valence-electron chi connectivity index (χ4n) is 3.81. The number of carboxylic acid groups (broad SMARTS) is 1. The molecule has 3 nitrogen and oxygen atoms in total. The third kappa shape index (κ3) is 6.55. The number of carbonyl (C=O) groups is 1. The molecule has 0 saturated carbocycles. The molecule has 2 atom stereocenters. The number of phenols is 1. The number of phenolic OH excluding ortho intramolecular Hbond substituents is 1. The Morgan fingerprint density at radius 2 is 1.48 bits per heavy atom. The minimum absolute atomic E-state index is 0.201. The minimum atomic E-state index is -0.716. The molecule has 27 heavy (non-hydrogen) atoms. The van der Waals surface area contributed by atoms with Gasteiger partial charge in [0.1, 0.15) is 5.75 Å². The number of benzene rings is 1. The number of carboxylic acids is 1. The maximum Gasteiger partial charge on any atom is 0.306 e. The van der Waals surface area contributed by atoms with E-state index in [0.717, 1.165) is 42.4 Å². The molecule has 0 bridgehead atoms. The number of rotatable bonds is 8. The largest absolute Gasteiger partial charge is 0.507 e. The summed E-state index contributed by atoms with van der Waals surface area (Å²) >= 11 is 0. The van der Waals surface area contributed by atoms with Gasteiger partial charge in [0.2, 0.25) is 0 Å². The zero-order chi connectivity index (χ0) is 21.0. The Balaban J connectivity index is 3.32. The maximum absolute atomic E-state index is 11.9. The van der Waals surface area contributed by atoms with Crippen molar-refractivity contribution in [1.29, 1.82) is 0 Å². The average molecular weight is 377 g/mol. The first-order chi connectivity index (χ1) is 12.3. The summed E-state index contributed by atoms with van der Waals surface area (Å²) in [5.41, 5.74) is 2.41. The molecule has 0 aromatic heterocycles. The van der Waals surface area contributed by atoms with E-state index in [1.54, 1.807) is 0 Å². The van der Waals surface area contributed by atoms with E-state index in [1.165, 1.54) is 0 Å². The molecule has 1 aromatic carbocycles. The highest BCUT2D eigenvalue weighted by atomic mass is 16.4. The van der Waals surface area contributed by atoms with Gasteiger partial charge >= 0.3 is 5.97 Å². The van der Waals surface area contributed by atoms with Crippen LogP contribution in [-0.2, 0) is 22.0 Å². The number of hydrogen-bond donors (Lipinski definition) is 2. The molecule has 1 aromatic rings. The standard InChI is InChI=1S/C24H40O3/c1-9-11-16(10-2)12-18(22(26)27)13-17-14-19(23(3,4)5)21(25)20(15-17)24(6,7)8/h14-16,18,25H,9-13H2,1-8H3,(H,26,27). The van der Waals surface area contributed by atoms with Gasteiger partial charge in [0.25, 0.3) is 0 Å². The van der Waals surface area contributed by atoms with Crippen LogP contribution >= 0.6 is 0 Å². The molecule has 0 spiro atoms. The Morgan fingerprint density at radius 3 is 1.81 bits per heavy atom. The summed E-state index contributed by atoms with van der Waals surface area (Å²) in [5.74, 6) is -0.292. The fraction of sp³-hybridized carbons (Fsp3) is 0.708. The topological polar surface area (TPSA) is 57.5 Å². The molecule has 0 amide bonds. The van der Waals surface area contributed by atoms with Gasteiger partial charge < -0.3 is 10.2 Å². The molecule has 2 unspecified atom stereocenters. The van der Waals surface area contributed by atoms with Crippen LogP contribution in [0, 0.1) is 11.8 Å². The van der Waals surface area contributed by atoms with Gasteiger partial charge in [0, 0.05) is 0 Å². The van der Waals surface area contributed by atoms with Gasteiger partial charge in [0.05, 0.1) is 5.92 Å². The van der Waals surface area contributed by atoms with Crippen molar-refractivity contribution in [3.05, 3.63) is 28.8 Å². The van der Waals surface area contributed by atoms with E-state index in [1.807, 2.05) is 12.1 Å². The second-order valence-electron chi connectivity index (χ2n) is 10.1. The van der Waals surface area contributed by atoms with Gasteiger partial charge in [0.15, 0.2) is 0 Å². The monoisotopic (exact) mass is 376 g/mol. The predicted octanol–water partition coefficient (Wildman–Crippen LogP) is 6.45. The third-order valence-electron chi connectivity index (χ3n) is 5.51. The lowest BCUT2D eigenvalue weighted by molar-refractivity contribution is -0.142. The molecular formula is C24H40O3. The second-order valence-corrected chi connectivity index (χ2v) is 10.1. The lowest BCUT2D eigenvalue weighted by atomic mass is 9.77. The lowest BCUT2D eigenvalue weighted by Crippen LogP contribution is -2.22. The molecule has 0 aliphatic carbocycles. The van der Waals surface area contributed by atoms with E-state index in [-0.39, 0.29) is 16.7 Å². The summed E-state index contributed by atoms with van der Waals surface area (Å²) in [6.45, 7) is 16.8. The quantitative estimate of drug-likeness (QED) is 0.548. The highest BCUT2D eigenvalue weighted by Gasteiger charge is 2.28. The Kier molecular flexibility index (Phi) is 7.95. The van der Waals surface area contributed by atoms with Crippen LogP contribution in [0.25, 0.3) is 0 Å². The Bertz CT molecular complexity index is 597. The highest BCUT2D eigenvalue weighted by Crippen LogP contribution is 2.40. The summed E-state index contributed by atoms with van der Waals surface area (Å²) in [7, 11) is 0. The molecule has 3 heteroatoms. The molecule has 0 fully saturated rings. The van der Waals surface area contributed by atoms with Crippen molar-refractivity contribution in [1.82, 2.24) is 0 Å². The Hall–Kier alpha value is -1.51. The van der Waals surface area contributed by atoms with Crippen LogP contribution in [0.2, 0.25) is 0 Å². The first kappa shape index (κ1) is 23.5.